The number of nitrogens with one attached hydrogen (secondary N) is 2. The van der Waals surface area contributed by atoms with Crippen molar-refractivity contribution in [3.05, 3.63) is 40.2 Å². The van der Waals surface area contributed by atoms with Crippen molar-refractivity contribution in [2.24, 2.45) is 0 Å². The molecule has 1 aliphatic heterocycles. The summed E-state index contributed by atoms with van der Waals surface area (Å²) in [5, 5.41) is 36.3. The average molecular weight is 669 g/mol. The standard InChI is InChI=1S/C27H38N2O14S.Na/c1-27(2,3)43-26(35)29-10-6-4-5-9-28-20(30)11-15-12-21(31)41-18-13-16(7-8-17(15)18)40-25-24(34)23(33)22(32)19(42-25)14-39-44(36,37)38;/h7-8,12-13,19,22-25,32-34H,4-6,9-11,14H2,1-3H3,(H,28,30)(H,29,35)(H,36,37,38);/q;+1/p-1/t19-,22+,23+,24-,25-;/m1./s1. The maximum absolute atomic E-state index is 12.5. The molecule has 0 saturated carbocycles. The van der Waals surface area contributed by atoms with Crippen molar-refractivity contribution in [2.45, 2.75) is 82.8 Å². The summed E-state index contributed by atoms with van der Waals surface area (Å²) in [6.45, 7) is 5.21. The summed E-state index contributed by atoms with van der Waals surface area (Å²) < 4.78 is 57.6. The first-order valence-electron chi connectivity index (χ1n) is 13.8. The number of benzene rings is 1. The van der Waals surface area contributed by atoms with E-state index in [4.69, 9.17) is 18.6 Å². The molecular weight excluding hydrogens is 631 g/mol. The second-order valence-electron chi connectivity index (χ2n) is 11.1. The minimum atomic E-state index is -5.13. The van der Waals surface area contributed by atoms with Crippen molar-refractivity contribution in [2.75, 3.05) is 19.7 Å². The normalized spacial score (nSPS) is 21.9. The number of aliphatic hydroxyl groups excluding tert-OH is 3. The Bertz CT molecular complexity index is 1460. The van der Waals surface area contributed by atoms with Crippen LogP contribution in [0.5, 0.6) is 5.75 Å². The van der Waals surface area contributed by atoms with Crippen LogP contribution in [0.2, 0.25) is 0 Å². The molecule has 0 aliphatic carbocycles. The molecule has 5 N–H and O–H groups in total. The van der Waals surface area contributed by atoms with E-state index in [1.54, 1.807) is 20.8 Å². The Balaban J connectivity index is 0.00000705. The Labute approximate surface area is 281 Å². The maximum atomic E-state index is 12.5. The third-order valence-electron chi connectivity index (χ3n) is 6.29. The van der Waals surface area contributed by atoms with Gasteiger partial charge in [-0.2, -0.15) is 0 Å². The van der Waals surface area contributed by atoms with E-state index in [1.807, 2.05) is 0 Å². The van der Waals surface area contributed by atoms with Crippen molar-refractivity contribution in [1.82, 2.24) is 10.6 Å². The fraction of sp³-hybridized carbons (Fsp3) is 0.593. The van der Waals surface area contributed by atoms with Crippen LogP contribution in [0, 0.1) is 0 Å². The van der Waals surface area contributed by atoms with Gasteiger partial charge in [-0.05, 0) is 57.7 Å². The van der Waals surface area contributed by atoms with E-state index in [0.29, 0.717) is 36.9 Å². The van der Waals surface area contributed by atoms with Gasteiger partial charge >= 0.3 is 41.3 Å². The molecule has 1 saturated heterocycles. The molecule has 45 heavy (non-hydrogen) atoms. The van der Waals surface area contributed by atoms with Gasteiger partial charge in [0, 0.05) is 30.6 Å². The number of amides is 2. The molecule has 0 unspecified atom stereocenters. The monoisotopic (exact) mass is 668 g/mol. The van der Waals surface area contributed by atoms with E-state index in [1.165, 1.54) is 24.3 Å². The average Bonchev–Trinajstić information content (AvgIpc) is 2.90. The Kier molecular flexibility index (Phi) is 14.7. The van der Waals surface area contributed by atoms with Crippen LogP contribution in [0.15, 0.2) is 33.5 Å². The Morgan fingerprint density at radius 1 is 1.00 bits per heavy atom. The third-order valence-corrected chi connectivity index (χ3v) is 6.72. The summed E-state index contributed by atoms with van der Waals surface area (Å²) >= 11 is 0. The number of carbonyl (C=O) groups is 2. The molecule has 0 bridgehead atoms. The smallest absolute Gasteiger partial charge is 0.726 e. The molecule has 5 atom stereocenters. The van der Waals surface area contributed by atoms with Crippen LogP contribution in [0.1, 0.15) is 45.6 Å². The van der Waals surface area contributed by atoms with Gasteiger partial charge < -0.3 is 49.1 Å². The second-order valence-corrected chi connectivity index (χ2v) is 12.1. The molecule has 3 rings (SSSR count). The van der Waals surface area contributed by atoms with E-state index in [9.17, 15) is 42.7 Å². The van der Waals surface area contributed by atoms with Gasteiger partial charge in [-0.15, -0.1) is 0 Å². The number of fused-ring (bicyclic) bond motifs is 1. The Hall–Kier alpha value is -2.32. The summed E-state index contributed by atoms with van der Waals surface area (Å²) in [5.41, 5.74) is -0.892. The van der Waals surface area contributed by atoms with Crippen LogP contribution >= 0.6 is 0 Å². The number of unbranched alkanes of at least 4 members (excludes halogenated alkanes) is 2. The predicted octanol–water partition coefficient (Wildman–Crippen LogP) is -3.19. The summed E-state index contributed by atoms with van der Waals surface area (Å²) in [5.74, 6) is -0.337. The molecule has 1 aliphatic rings. The molecule has 0 radical (unpaired) electrons. The largest absolute Gasteiger partial charge is 1.00 e. The van der Waals surface area contributed by atoms with Gasteiger partial charge in [-0.25, -0.2) is 18.0 Å². The molecule has 16 nitrogen and oxygen atoms in total. The molecule has 1 fully saturated rings. The molecule has 246 valence electrons. The first kappa shape index (κ1) is 38.9. The number of hydrogen-bond acceptors (Lipinski definition) is 14. The number of rotatable bonds is 13. The van der Waals surface area contributed by atoms with Gasteiger partial charge in [-0.1, -0.05) is 0 Å². The van der Waals surface area contributed by atoms with Crippen molar-refractivity contribution >= 4 is 33.4 Å². The van der Waals surface area contributed by atoms with Gasteiger partial charge in [0.25, 0.3) is 0 Å². The van der Waals surface area contributed by atoms with Crippen LogP contribution < -0.4 is 50.6 Å². The summed E-state index contributed by atoms with van der Waals surface area (Å²) in [4.78, 5) is 36.4. The van der Waals surface area contributed by atoms with Crippen LogP contribution in [0.3, 0.4) is 0 Å². The van der Waals surface area contributed by atoms with E-state index < -0.39 is 65.0 Å². The Morgan fingerprint density at radius 2 is 1.67 bits per heavy atom. The van der Waals surface area contributed by atoms with Crippen molar-refractivity contribution in [3.63, 3.8) is 0 Å². The van der Waals surface area contributed by atoms with Gasteiger partial charge in [-0.3, -0.25) is 8.98 Å². The zero-order valence-electron chi connectivity index (χ0n) is 25.4. The number of alkyl carbamates (subject to hydrolysis) is 1. The first-order chi connectivity index (χ1) is 20.5. The number of carbonyl (C=O) groups excluding carboxylic acids is 2. The van der Waals surface area contributed by atoms with Gasteiger partial charge in [0.15, 0.2) is 0 Å². The third kappa shape index (κ3) is 12.8. The van der Waals surface area contributed by atoms with E-state index in [-0.39, 0.29) is 53.2 Å². The minimum absolute atomic E-state index is 0. The fourth-order valence-electron chi connectivity index (χ4n) is 4.26. The zero-order valence-corrected chi connectivity index (χ0v) is 28.2. The van der Waals surface area contributed by atoms with Crippen LogP contribution in [0.25, 0.3) is 11.0 Å². The van der Waals surface area contributed by atoms with Crippen LogP contribution in [-0.4, -0.2) is 96.3 Å². The summed E-state index contributed by atoms with van der Waals surface area (Å²) in [7, 11) is -5.13. The second kappa shape index (κ2) is 17.0. The van der Waals surface area contributed by atoms with E-state index >= 15 is 0 Å². The van der Waals surface area contributed by atoms with Crippen molar-refractivity contribution in [1.29, 1.82) is 0 Å². The van der Waals surface area contributed by atoms with E-state index in [2.05, 4.69) is 14.8 Å². The molecule has 2 amide bonds. The van der Waals surface area contributed by atoms with Gasteiger partial charge in [0.05, 0.1) is 13.0 Å². The molecule has 1 aromatic heterocycles. The molecule has 0 spiro atoms. The molecular formula is C27H37N2NaO14S. The minimum Gasteiger partial charge on any atom is -0.726 e. The zero-order chi connectivity index (χ0) is 32.7. The summed E-state index contributed by atoms with van der Waals surface area (Å²) in [6.07, 6.45) is -7.10. The predicted molar refractivity (Wildman–Crippen MR) is 150 cm³/mol. The van der Waals surface area contributed by atoms with Crippen LogP contribution in [0.4, 0.5) is 4.79 Å². The maximum Gasteiger partial charge on any atom is 1.00 e. The SMILES string of the molecule is CC(C)(C)OC(=O)NCCCCCNC(=O)Cc1cc(=O)oc2cc(O[C@@H]3O[C@H](COS(=O)(=O)[O-])[C@H](O)[C@H](O)[C@H]3O)ccc12.[Na+]. The molecule has 18 heteroatoms. The molecule has 1 aromatic carbocycles. The first-order valence-corrected chi connectivity index (χ1v) is 15.1. The number of aliphatic hydroxyl groups is 3. The van der Waals surface area contributed by atoms with Gasteiger partial charge in [0.2, 0.25) is 22.6 Å². The molecule has 2 heterocycles. The molecule has 2 aromatic rings. The summed E-state index contributed by atoms with van der Waals surface area (Å²) in [6, 6.07) is 5.38. The van der Waals surface area contributed by atoms with Gasteiger partial charge in [0.1, 0.15) is 41.3 Å². The number of hydrogen-bond donors (Lipinski definition) is 5. The topological polar surface area (TPSA) is 243 Å². The van der Waals surface area contributed by atoms with Crippen molar-refractivity contribution in [3.8, 4) is 5.75 Å². The van der Waals surface area contributed by atoms with Crippen LogP contribution in [-0.2, 0) is 35.3 Å². The Morgan fingerprint density at radius 3 is 2.31 bits per heavy atom. The van der Waals surface area contributed by atoms with E-state index in [0.717, 1.165) is 6.42 Å². The fourth-order valence-corrected chi connectivity index (χ4v) is 4.56. The number of ether oxygens (including phenoxy) is 3. The quantitative estimate of drug-likeness (QED) is 0.0465. The van der Waals surface area contributed by atoms with Crippen molar-refractivity contribution < 1.29 is 90.2 Å².